The van der Waals surface area contributed by atoms with Crippen LogP contribution in [0.4, 0.5) is 11.4 Å². The zero-order valence-electron chi connectivity index (χ0n) is 15.9. The van der Waals surface area contributed by atoms with Crippen LogP contribution < -0.4 is 16.2 Å². The van der Waals surface area contributed by atoms with Gasteiger partial charge in [0.25, 0.3) is 11.5 Å². The van der Waals surface area contributed by atoms with Crippen LogP contribution in [-0.4, -0.2) is 21.6 Å². The van der Waals surface area contributed by atoms with E-state index in [4.69, 9.17) is 11.6 Å². The molecule has 29 heavy (non-hydrogen) atoms. The molecule has 0 spiro atoms. The second kappa shape index (κ2) is 8.70. The fourth-order valence-corrected chi connectivity index (χ4v) is 2.79. The van der Waals surface area contributed by atoms with Crippen LogP contribution in [0.15, 0.2) is 59.4 Å². The molecule has 2 aromatic carbocycles. The summed E-state index contributed by atoms with van der Waals surface area (Å²) in [6, 6.07) is 14.7. The number of aryl methyl sites for hydroxylation is 2. The maximum Gasteiger partial charge on any atom is 0.276 e. The van der Waals surface area contributed by atoms with Crippen molar-refractivity contribution in [3.8, 4) is 0 Å². The lowest BCUT2D eigenvalue weighted by Crippen LogP contribution is -2.31. The van der Waals surface area contributed by atoms with Crippen molar-refractivity contribution in [2.75, 3.05) is 10.6 Å². The van der Waals surface area contributed by atoms with Gasteiger partial charge in [-0.25, -0.2) is 4.68 Å². The lowest BCUT2D eigenvalue weighted by molar-refractivity contribution is -0.117. The predicted octanol–water partition coefficient (Wildman–Crippen LogP) is 3.40. The summed E-state index contributed by atoms with van der Waals surface area (Å²) in [5.74, 6) is -0.939. The van der Waals surface area contributed by atoms with Gasteiger partial charge in [-0.15, -0.1) is 0 Å². The molecule has 0 aliphatic rings. The van der Waals surface area contributed by atoms with E-state index in [0.29, 0.717) is 16.4 Å². The van der Waals surface area contributed by atoms with Crippen LogP contribution in [0.1, 0.15) is 21.6 Å². The first-order chi connectivity index (χ1) is 13.8. The highest BCUT2D eigenvalue weighted by Crippen LogP contribution is 2.15. The van der Waals surface area contributed by atoms with Crippen molar-refractivity contribution in [3.05, 3.63) is 86.8 Å². The van der Waals surface area contributed by atoms with Crippen molar-refractivity contribution in [2.24, 2.45) is 0 Å². The molecule has 0 aliphatic heterocycles. The number of carbonyl (C=O) groups is 2. The quantitative estimate of drug-likeness (QED) is 0.674. The molecule has 148 valence electrons. The molecule has 0 unspecified atom stereocenters. The first-order valence-corrected chi connectivity index (χ1v) is 9.22. The van der Waals surface area contributed by atoms with Gasteiger partial charge in [0.1, 0.15) is 12.2 Å². The molecule has 0 aliphatic carbocycles. The molecule has 3 aromatic rings. The Kier molecular flexibility index (Phi) is 6.09. The lowest BCUT2D eigenvalue weighted by atomic mass is 10.1. The van der Waals surface area contributed by atoms with Crippen LogP contribution >= 0.6 is 11.6 Å². The smallest absolute Gasteiger partial charge is 0.276 e. The van der Waals surface area contributed by atoms with Crippen molar-refractivity contribution >= 4 is 34.8 Å². The summed E-state index contributed by atoms with van der Waals surface area (Å²) in [4.78, 5) is 36.8. The summed E-state index contributed by atoms with van der Waals surface area (Å²) in [5.41, 5.74) is 2.81. The van der Waals surface area contributed by atoms with E-state index in [-0.39, 0.29) is 12.2 Å². The fraction of sp³-hybridized carbons (Fsp3) is 0.143. The molecule has 0 atom stereocenters. The molecule has 0 radical (unpaired) electrons. The molecule has 2 amide bonds. The van der Waals surface area contributed by atoms with Crippen LogP contribution in [0.2, 0.25) is 5.02 Å². The summed E-state index contributed by atoms with van der Waals surface area (Å²) >= 11 is 5.89. The van der Waals surface area contributed by atoms with E-state index in [2.05, 4.69) is 15.7 Å². The van der Waals surface area contributed by atoms with Crippen LogP contribution in [-0.2, 0) is 11.3 Å². The third-order valence-corrected chi connectivity index (χ3v) is 4.50. The average Bonchev–Trinajstić information content (AvgIpc) is 2.66. The van der Waals surface area contributed by atoms with E-state index in [1.807, 2.05) is 26.0 Å². The minimum atomic E-state index is -0.492. The standard InChI is InChI=1S/C21H19ClN4O3/c1-13-6-7-17(10-14(13)2)24-21(29)18-8-9-20(28)26(25-18)12-19(27)23-16-5-3-4-15(22)11-16/h3-11H,12H2,1-2H3,(H,23,27)(H,24,29). The van der Waals surface area contributed by atoms with E-state index in [0.717, 1.165) is 15.8 Å². The van der Waals surface area contributed by atoms with Gasteiger partial charge in [0.2, 0.25) is 5.91 Å². The maximum absolute atomic E-state index is 12.5. The summed E-state index contributed by atoms with van der Waals surface area (Å²) in [6.45, 7) is 3.59. The average molecular weight is 411 g/mol. The van der Waals surface area contributed by atoms with Crippen molar-refractivity contribution in [1.29, 1.82) is 0 Å². The highest BCUT2D eigenvalue weighted by atomic mass is 35.5. The van der Waals surface area contributed by atoms with Gasteiger partial charge >= 0.3 is 0 Å². The number of carbonyl (C=O) groups excluding carboxylic acids is 2. The Bertz CT molecular complexity index is 1140. The Morgan fingerprint density at radius 3 is 2.45 bits per heavy atom. The highest BCUT2D eigenvalue weighted by molar-refractivity contribution is 6.30. The number of nitrogens with zero attached hydrogens (tertiary/aromatic N) is 2. The zero-order valence-corrected chi connectivity index (χ0v) is 16.7. The topological polar surface area (TPSA) is 93.1 Å². The summed E-state index contributed by atoms with van der Waals surface area (Å²) < 4.78 is 0.940. The van der Waals surface area contributed by atoms with Gasteiger partial charge in [-0.3, -0.25) is 14.4 Å². The first-order valence-electron chi connectivity index (χ1n) is 8.84. The minimum absolute atomic E-state index is 0.0263. The van der Waals surface area contributed by atoms with Crippen molar-refractivity contribution in [3.63, 3.8) is 0 Å². The number of anilines is 2. The summed E-state index contributed by atoms with van der Waals surface area (Å²) in [7, 11) is 0. The fourth-order valence-electron chi connectivity index (χ4n) is 2.60. The number of amides is 2. The van der Waals surface area contributed by atoms with Gasteiger partial charge in [0.15, 0.2) is 0 Å². The normalized spacial score (nSPS) is 10.4. The lowest BCUT2D eigenvalue weighted by Gasteiger charge is -2.10. The Hall–Kier alpha value is -3.45. The molecule has 8 heteroatoms. The SMILES string of the molecule is Cc1ccc(NC(=O)c2ccc(=O)n(CC(=O)Nc3cccc(Cl)c3)n2)cc1C. The monoisotopic (exact) mass is 410 g/mol. The first kappa shape index (κ1) is 20.3. The molecule has 2 N–H and O–H groups in total. The Labute approximate surface area is 172 Å². The number of halogens is 1. The van der Waals surface area contributed by atoms with E-state index >= 15 is 0 Å². The van der Waals surface area contributed by atoms with Crippen LogP contribution in [0, 0.1) is 13.8 Å². The number of rotatable bonds is 5. The predicted molar refractivity (Wildman–Crippen MR) is 112 cm³/mol. The third-order valence-electron chi connectivity index (χ3n) is 4.27. The molecule has 1 aromatic heterocycles. The molecule has 7 nitrogen and oxygen atoms in total. The Balaban J connectivity index is 1.73. The number of benzene rings is 2. The van der Waals surface area contributed by atoms with Gasteiger partial charge in [-0.1, -0.05) is 23.7 Å². The number of nitrogens with one attached hydrogen (secondary N) is 2. The van der Waals surface area contributed by atoms with E-state index < -0.39 is 17.4 Å². The zero-order chi connectivity index (χ0) is 21.0. The van der Waals surface area contributed by atoms with Gasteiger partial charge in [0.05, 0.1) is 0 Å². The molecule has 1 heterocycles. The number of hydrogen-bond donors (Lipinski definition) is 2. The minimum Gasteiger partial charge on any atom is -0.324 e. The summed E-state index contributed by atoms with van der Waals surface area (Å²) in [6.07, 6.45) is 0. The molecular weight excluding hydrogens is 392 g/mol. The molecule has 3 rings (SSSR count). The van der Waals surface area contributed by atoms with Crippen molar-refractivity contribution < 1.29 is 9.59 Å². The van der Waals surface area contributed by atoms with Crippen molar-refractivity contribution in [2.45, 2.75) is 20.4 Å². The summed E-state index contributed by atoms with van der Waals surface area (Å²) in [5, 5.41) is 9.86. The van der Waals surface area contributed by atoms with Crippen LogP contribution in [0.3, 0.4) is 0 Å². The molecule has 0 fully saturated rings. The van der Waals surface area contributed by atoms with E-state index in [9.17, 15) is 14.4 Å². The van der Waals surface area contributed by atoms with E-state index in [1.165, 1.54) is 12.1 Å². The number of aromatic nitrogens is 2. The van der Waals surface area contributed by atoms with Crippen molar-refractivity contribution in [1.82, 2.24) is 9.78 Å². The van der Waals surface area contributed by atoms with Crippen LogP contribution in [0.5, 0.6) is 0 Å². The largest absolute Gasteiger partial charge is 0.324 e. The van der Waals surface area contributed by atoms with Crippen LogP contribution in [0.25, 0.3) is 0 Å². The van der Waals surface area contributed by atoms with E-state index in [1.54, 1.807) is 30.3 Å². The Morgan fingerprint density at radius 2 is 1.72 bits per heavy atom. The van der Waals surface area contributed by atoms with Gasteiger partial charge in [-0.2, -0.15) is 5.10 Å². The molecule has 0 bridgehead atoms. The second-order valence-corrected chi connectivity index (χ2v) is 6.96. The highest BCUT2D eigenvalue weighted by Gasteiger charge is 2.13. The number of hydrogen-bond acceptors (Lipinski definition) is 4. The second-order valence-electron chi connectivity index (χ2n) is 6.53. The van der Waals surface area contributed by atoms with Gasteiger partial charge in [0, 0.05) is 22.5 Å². The van der Waals surface area contributed by atoms with Gasteiger partial charge < -0.3 is 10.6 Å². The molecule has 0 saturated heterocycles. The Morgan fingerprint density at radius 1 is 0.966 bits per heavy atom. The molecule has 0 saturated carbocycles. The third kappa shape index (κ3) is 5.30. The molecular formula is C21H19ClN4O3. The van der Waals surface area contributed by atoms with Gasteiger partial charge in [-0.05, 0) is 61.4 Å². The maximum atomic E-state index is 12.5.